The average molecular weight is 338 g/mol. The number of anilines is 1. The third kappa shape index (κ3) is 4.60. The summed E-state index contributed by atoms with van der Waals surface area (Å²) in [5.41, 5.74) is 3.76. The SMILES string of the molecule is Cc1ccc(C(=O)Nc2ccc(OC3CCN(C)CC3)cc2)cc1C. The van der Waals surface area contributed by atoms with Crippen molar-refractivity contribution >= 4 is 11.6 Å². The van der Waals surface area contributed by atoms with Gasteiger partial charge in [-0.15, -0.1) is 0 Å². The van der Waals surface area contributed by atoms with Crippen LogP contribution in [0.25, 0.3) is 0 Å². The van der Waals surface area contributed by atoms with Crippen molar-refractivity contribution in [3.05, 3.63) is 59.2 Å². The summed E-state index contributed by atoms with van der Waals surface area (Å²) in [6.07, 6.45) is 2.40. The molecule has 1 amide bonds. The van der Waals surface area contributed by atoms with E-state index in [0.29, 0.717) is 5.56 Å². The summed E-state index contributed by atoms with van der Waals surface area (Å²) in [6.45, 7) is 6.21. The fraction of sp³-hybridized carbons (Fsp3) is 0.381. The topological polar surface area (TPSA) is 41.6 Å². The van der Waals surface area contributed by atoms with E-state index in [-0.39, 0.29) is 12.0 Å². The third-order valence-corrected chi connectivity index (χ3v) is 4.85. The summed E-state index contributed by atoms with van der Waals surface area (Å²) in [6, 6.07) is 13.4. The molecule has 1 aliphatic rings. The molecule has 0 radical (unpaired) electrons. The van der Waals surface area contributed by atoms with Crippen LogP contribution in [0, 0.1) is 13.8 Å². The van der Waals surface area contributed by atoms with Crippen molar-refractivity contribution in [3.8, 4) is 5.75 Å². The quantitative estimate of drug-likeness (QED) is 0.915. The maximum Gasteiger partial charge on any atom is 0.255 e. The summed E-state index contributed by atoms with van der Waals surface area (Å²) in [4.78, 5) is 14.7. The molecule has 1 N–H and O–H groups in total. The van der Waals surface area contributed by atoms with E-state index in [9.17, 15) is 4.79 Å². The van der Waals surface area contributed by atoms with E-state index < -0.39 is 0 Å². The van der Waals surface area contributed by atoms with Crippen molar-refractivity contribution in [2.45, 2.75) is 32.8 Å². The molecule has 1 saturated heterocycles. The van der Waals surface area contributed by atoms with Gasteiger partial charge in [0.25, 0.3) is 5.91 Å². The Balaban J connectivity index is 1.58. The molecule has 25 heavy (non-hydrogen) atoms. The molecule has 0 unspecified atom stereocenters. The lowest BCUT2D eigenvalue weighted by atomic mass is 10.1. The van der Waals surface area contributed by atoms with Crippen LogP contribution in [0.5, 0.6) is 5.75 Å². The molecular formula is C21H26N2O2. The molecule has 1 aliphatic heterocycles. The predicted octanol–water partition coefficient (Wildman–Crippen LogP) is 4.03. The van der Waals surface area contributed by atoms with Crippen LogP contribution < -0.4 is 10.1 Å². The molecule has 2 aromatic rings. The Bertz CT molecular complexity index is 732. The van der Waals surface area contributed by atoms with Gasteiger partial charge in [-0.05, 0) is 81.3 Å². The largest absolute Gasteiger partial charge is 0.490 e. The zero-order valence-electron chi connectivity index (χ0n) is 15.2. The second kappa shape index (κ2) is 7.70. The van der Waals surface area contributed by atoms with Crippen LogP contribution in [0.3, 0.4) is 0 Å². The Morgan fingerprint density at radius 3 is 2.36 bits per heavy atom. The monoisotopic (exact) mass is 338 g/mol. The summed E-state index contributed by atoms with van der Waals surface area (Å²) in [5, 5.41) is 2.94. The van der Waals surface area contributed by atoms with Crippen molar-refractivity contribution in [1.82, 2.24) is 4.90 Å². The normalized spacial score (nSPS) is 15.8. The number of likely N-dealkylation sites (tertiary alicyclic amines) is 1. The zero-order chi connectivity index (χ0) is 17.8. The van der Waals surface area contributed by atoms with Gasteiger partial charge in [-0.25, -0.2) is 0 Å². The molecule has 2 aromatic carbocycles. The molecule has 4 nitrogen and oxygen atoms in total. The number of carbonyl (C=O) groups is 1. The Hall–Kier alpha value is -2.33. The Morgan fingerprint density at radius 1 is 1.04 bits per heavy atom. The molecular weight excluding hydrogens is 312 g/mol. The summed E-state index contributed by atoms with van der Waals surface area (Å²) >= 11 is 0. The zero-order valence-corrected chi connectivity index (χ0v) is 15.2. The number of benzene rings is 2. The molecule has 0 aromatic heterocycles. The van der Waals surface area contributed by atoms with Crippen LogP contribution >= 0.6 is 0 Å². The number of hydrogen-bond donors (Lipinski definition) is 1. The molecule has 0 bridgehead atoms. The number of nitrogens with zero attached hydrogens (tertiary/aromatic N) is 1. The first-order chi connectivity index (χ1) is 12.0. The Kier molecular flexibility index (Phi) is 5.39. The molecule has 0 aliphatic carbocycles. The molecule has 1 heterocycles. The minimum Gasteiger partial charge on any atom is -0.490 e. The number of hydrogen-bond acceptors (Lipinski definition) is 3. The number of amides is 1. The highest BCUT2D eigenvalue weighted by Gasteiger charge is 2.18. The van der Waals surface area contributed by atoms with Gasteiger partial charge in [-0.1, -0.05) is 6.07 Å². The van der Waals surface area contributed by atoms with Gasteiger partial charge in [-0.3, -0.25) is 4.79 Å². The highest BCUT2D eigenvalue weighted by atomic mass is 16.5. The van der Waals surface area contributed by atoms with Crippen LogP contribution in [-0.2, 0) is 0 Å². The van der Waals surface area contributed by atoms with Crippen LogP contribution in [0.2, 0.25) is 0 Å². The van der Waals surface area contributed by atoms with E-state index in [1.54, 1.807) is 0 Å². The van der Waals surface area contributed by atoms with Gasteiger partial charge in [-0.2, -0.15) is 0 Å². The number of rotatable bonds is 4. The highest BCUT2D eigenvalue weighted by Crippen LogP contribution is 2.21. The van der Waals surface area contributed by atoms with Gasteiger partial charge < -0.3 is 15.0 Å². The van der Waals surface area contributed by atoms with Gasteiger partial charge in [0.15, 0.2) is 0 Å². The maximum absolute atomic E-state index is 12.4. The summed E-state index contributed by atoms with van der Waals surface area (Å²) in [7, 11) is 2.14. The van der Waals surface area contributed by atoms with Crippen LogP contribution in [0.4, 0.5) is 5.69 Å². The number of aryl methyl sites for hydroxylation is 2. The van der Waals surface area contributed by atoms with Crippen LogP contribution in [0.1, 0.15) is 34.3 Å². The summed E-state index contributed by atoms with van der Waals surface area (Å²) in [5.74, 6) is 0.769. The fourth-order valence-corrected chi connectivity index (χ4v) is 3.00. The molecule has 0 spiro atoms. The standard InChI is InChI=1S/C21H26N2O2/c1-15-4-5-17(14-16(15)2)21(24)22-18-6-8-19(9-7-18)25-20-10-12-23(3)13-11-20/h4-9,14,20H,10-13H2,1-3H3,(H,22,24). The van der Waals surface area contributed by atoms with Gasteiger partial charge in [0.05, 0.1) is 0 Å². The molecule has 0 saturated carbocycles. The number of piperidine rings is 1. The van der Waals surface area contributed by atoms with Crippen molar-refractivity contribution in [3.63, 3.8) is 0 Å². The fourth-order valence-electron chi connectivity index (χ4n) is 3.00. The van der Waals surface area contributed by atoms with E-state index in [4.69, 9.17) is 4.74 Å². The number of nitrogens with one attached hydrogen (secondary N) is 1. The average Bonchev–Trinajstić information content (AvgIpc) is 2.61. The lowest BCUT2D eigenvalue weighted by Gasteiger charge is -2.29. The lowest BCUT2D eigenvalue weighted by Crippen LogP contribution is -2.35. The van der Waals surface area contributed by atoms with Crippen molar-refractivity contribution in [2.24, 2.45) is 0 Å². The molecule has 0 atom stereocenters. The first-order valence-electron chi connectivity index (χ1n) is 8.85. The van der Waals surface area contributed by atoms with E-state index in [0.717, 1.165) is 42.9 Å². The Morgan fingerprint density at radius 2 is 1.72 bits per heavy atom. The molecule has 4 heteroatoms. The first kappa shape index (κ1) is 17.5. The number of carbonyl (C=O) groups excluding carboxylic acids is 1. The summed E-state index contributed by atoms with van der Waals surface area (Å²) < 4.78 is 6.04. The number of ether oxygens (including phenoxy) is 1. The maximum atomic E-state index is 12.4. The van der Waals surface area contributed by atoms with E-state index >= 15 is 0 Å². The smallest absolute Gasteiger partial charge is 0.255 e. The van der Waals surface area contributed by atoms with Crippen molar-refractivity contribution < 1.29 is 9.53 Å². The van der Waals surface area contributed by atoms with Gasteiger partial charge in [0.1, 0.15) is 11.9 Å². The molecule has 1 fully saturated rings. The van der Waals surface area contributed by atoms with Gasteiger partial charge >= 0.3 is 0 Å². The van der Waals surface area contributed by atoms with E-state index in [1.807, 2.05) is 56.3 Å². The van der Waals surface area contributed by atoms with E-state index in [1.165, 1.54) is 5.56 Å². The highest BCUT2D eigenvalue weighted by molar-refractivity contribution is 6.04. The van der Waals surface area contributed by atoms with Crippen molar-refractivity contribution in [2.75, 3.05) is 25.5 Å². The minimum absolute atomic E-state index is 0.0907. The first-order valence-corrected chi connectivity index (χ1v) is 8.85. The second-order valence-electron chi connectivity index (χ2n) is 6.90. The molecule has 3 rings (SSSR count). The third-order valence-electron chi connectivity index (χ3n) is 4.85. The van der Waals surface area contributed by atoms with Crippen LogP contribution in [0.15, 0.2) is 42.5 Å². The lowest BCUT2D eigenvalue weighted by molar-refractivity contribution is 0.102. The van der Waals surface area contributed by atoms with E-state index in [2.05, 4.69) is 17.3 Å². The van der Waals surface area contributed by atoms with Crippen LogP contribution in [-0.4, -0.2) is 37.0 Å². The second-order valence-corrected chi connectivity index (χ2v) is 6.90. The predicted molar refractivity (Wildman–Crippen MR) is 101 cm³/mol. The van der Waals surface area contributed by atoms with Gasteiger partial charge in [0.2, 0.25) is 0 Å². The Labute approximate surface area is 149 Å². The minimum atomic E-state index is -0.0907. The molecule has 132 valence electrons. The van der Waals surface area contributed by atoms with Gasteiger partial charge in [0, 0.05) is 24.3 Å². The van der Waals surface area contributed by atoms with Crippen molar-refractivity contribution in [1.29, 1.82) is 0 Å².